The van der Waals surface area contributed by atoms with Gasteiger partial charge in [0.2, 0.25) is 0 Å². The van der Waals surface area contributed by atoms with E-state index in [0.717, 1.165) is 12.1 Å². The van der Waals surface area contributed by atoms with Crippen molar-refractivity contribution in [1.29, 1.82) is 0 Å². The van der Waals surface area contributed by atoms with Crippen LogP contribution in [0.4, 0.5) is 0 Å². The van der Waals surface area contributed by atoms with Crippen LogP contribution >= 0.6 is 11.3 Å². The van der Waals surface area contributed by atoms with Gasteiger partial charge >= 0.3 is 5.97 Å². The van der Waals surface area contributed by atoms with E-state index in [2.05, 4.69) is 15.1 Å². The molecule has 1 atom stereocenters. The Balaban J connectivity index is 2.02. The average molecular weight is 335 g/mol. The summed E-state index contributed by atoms with van der Waals surface area (Å²) in [5, 5.41) is 4.41. The Morgan fingerprint density at radius 1 is 1.48 bits per heavy atom. The number of thiophene rings is 1. The number of H-pyrrole nitrogens is 1. The largest absolute Gasteiger partial charge is 0.462 e. The fraction of sp³-hybridized carbons (Fsp3) is 0.467. The summed E-state index contributed by atoms with van der Waals surface area (Å²) in [5.74, 6) is 0.00836. The molecule has 0 spiro atoms. The number of hydrogen-bond donors (Lipinski definition) is 1. The van der Waals surface area contributed by atoms with E-state index in [-0.39, 0.29) is 18.3 Å². The van der Waals surface area contributed by atoms with Crippen LogP contribution in [0.5, 0.6) is 0 Å². The Labute approximate surface area is 136 Å². The second-order valence-electron chi connectivity index (χ2n) is 5.22. The molecule has 0 bridgehead atoms. The minimum atomic E-state index is -0.428. The van der Waals surface area contributed by atoms with Gasteiger partial charge in [-0.15, -0.1) is 11.3 Å². The molecular formula is C15H17N3O4S. The number of oxime groups is 1. The van der Waals surface area contributed by atoms with Gasteiger partial charge in [0.25, 0.3) is 5.56 Å². The van der Waals surface area contributed by atoms with Crippen LogP contribution in [0.1, 0.15) is 53.9 Å². The molecule has 0 saturated carbocycles. The number of aromatic amines is 1. The average Bonchev–Trinajstić information content (AvgIpc) is 3.12. The van der Waals surface area contributed by atoms with Gasteiger partial charge in [-0.05, 0) is 25.8 Å². The number of ether oxygens (including phenoxy) is 1. The van der Waals surface area contributed by atoms with Crippen LogP contribution in [0.15, 0.2) is 9.95 Å². The number of rotatable bonds is 4. The van der Waals surface area contributed by atoms with Crippen LogP contribution in [-0.2, 0) is 9.57 Å². The molecule has 3 rings (SSSR count). The van der Waals surface area contributed by atoms with Gasteiger partial charge in [0.05, 0.1) is 17.7 Å². The molecule has 2 aromatic heterocycles. The molecular weight excluding hydrogens is 318 g/mol. The zero-order chi connectivity index (χ0) is 16.6. The van der Waals surface area contributed by atoms with Crippen molar-refractivity contribution in [2.75, 3.05) is 6.61 Å². The zero-order valence-corrected chi connectivity index (χ0v) is 14.0. The van der Waals surface area contributed by atoms with Crippen molar-refractivity contribution in [1.82, 2.24) is 9.97 Å². The fourth-order valence-corrected chi connectivity index (χ4v) is 3.57. The molecule has 122 valence electrons. The molecule has 1 N–H and O–H groups in total. The van der Waals surface area contributed by atoms with Gasteiger partial charge in [-0.2, -0.15) is 0 Å². The first-order valence-electron chi connectivity index (χ1n) is 7.47. The van der Waals surface area contributed by atoms with Crippen molar-refractivity contribution in [3.8, 4) is 0 Å². The molecule has 0 saturated heterocycles. The van der Waals surface area contributed by atoms with Crippen LogP contribution in [0, 0.1) is 6.92 Å². The number of carbonyl (C=O) groups excluding carboxylic acids is 1. The predicted octanol–water partition coefficient (Wildman–Crippen LogP) is 2.70. The highest BCUT2D eigenvalue weighted by atomic mass is 32.1. The van der Waals surface area contributed by atoms with Crippen molar-refractivity contribution in [3.63, 3.8) is 0 Å². The lowest BCUT2D eigenvalue weighted by Crippen LogP contribution is -2.15. The summed E-state index contributed by atoms with van der Waals surface area (Å²) in [6.45, 7) is 5.76. The van der Waals surface area contributed by atoms with Crippen molar-refractivity contribution in [2.24, 2.45) is 5.16 Å². The highest BCUT2D eigenvalue weighted by molar-refractivity contribution is 7.20. The van der Waals surface area contributed by atoms with E-state index in [9.17, 15) is 9.59 Å². The van der Waals surface area contributed by atoms with Crippen LogP contribution in [-0.4, -0.2) is 28.3 Å². The van der Waals surface area contributed by atoms with Gasteiger partial charge in [-0.25, -0.2) is 9.78 Å². The summed E-state index contributed by atoms with van der Waals surface area (Å²) < 4.78 is 5.03. The summed E-state index contributed by atoms with van der Waals surface area (Å²) in [4.78, 5) is 37.8. The van der Waals surface area contributed by atoms with Crippen molar-refractivity contribution in [2.45, 2.75) is 39.7 Å². The third-order valence-corrected chi connectivity index (χ3v) is 4.89. The smallest absolute Gasteiger partial charge is 0.348 e. The molecule has 0 amide bonds. The van der Waals surface area contributed by atoms with Gasteiger partial charge in [-0.3, -0.25) is 4.79 Å². The van der Waals surface area contributed by atoms with Crippen LogP contribution in [0.3, 0.4) is 0 Å². The Kier molecular flexibility index (Phi) is 4.16. The van der Waals surface area contributed by atoms with Crippen molar-refractivity contribution >= 4 is 33.2 Å². The number of aryl methyl sites for hydroxylation is 1. The number of esters is 1. The maximum atomic E-state index is 12.4. The minimum absolute atomic E-state index is 0.275. The molecule has 8 heteroatoms. The minimum Gasteiger partial charge on any atom is -0.462 e. The Morgan fingerprint density at radius 3 is 2.91 bits per heavy atom. The molecule has 1 aliphatic rings. The molecule has 0 radical (unpaired) electrons. The first-order valence-corrected chi connectivity index (χ1v) is 8.28. The monoisotopic (exact) mass is 335 g/mol. The predicted molar refractivity (Wildman–Crippen MR) is 87.1 cm³/mol. The van der Waals surface area contributed by atoms with Gasteiger partial charge < -0.3 is 14.6 Å². The van der Waals surface area contributed by atoms with Gasteiger partial charge in [0.15, 0.2) is 11.9 Å². The molecule has 0 fully saturated rings. The summed E-state index contributed by atoms with van der Waals surface area (Å²) in [6, 6.07) is 0. The first-order chi connectivity index (χ1) is 11.0. The maximum absolute atomic E-state index is 12.4. The maximum Gasteiger partial charge on any atom is 0.348 e. The summed E-state index contributed by atoms with van der Waals surface area (Å²) in [5.41, 5.74) is 1.26. The number of carbonyl (C=O) groups is 1. The molecule has 0 aliphatic carbocycles. The van der Waals surface area contributed by atoms with E-state index in [1.807, 2.05) is 6.92 Å². The Bertz CT molecular complexity index is 852. The standard InChI is InChI=1S/C15H17N3O4S/c1-4-8-6-9(22-18-8)12-16-13(19)10-7(3)11(15(20)21-5-2)23-14(10)17-12/h9H,4-6H2,1-3H3,(H,16,17,19). The topological polar surface area (TPSA) is 93.6 Å². The van der Waals surface area contributed by atoms with Crippen LogP contribution in [0.25, 0.3) is 10.2 Å². The second-order valence-corrected chi connectivity index (χ2v) is 6.22. The van der Waals surface area contributed by atoms with E-state index >= 15 is 0 Å². The molecule has 2 aromatic rings. The van der Waals surface area contributed by atoms with E-state index in [4.69, 9.17) is 9.57 Å². The van der Waals surface area contributed by atoms with Gasteiger partial charge in [0.1, 0.15) is 9.71 Å². The number of aromatic nitrogens is 2. The highest BCUT2D eigenvalue weighted by Crippen LogP contribution is 2.30. The lowest BCUT2D eigenvalue weighted by molar-refractivity contribution is 0.0531. The number of fused-ring (bicyclic) bond motifs is 1. The Morgan fingerprint density at radius 2 is 2.26 bits per heavy atom. The quantitative estimate of drug-likeness (QED) is 0.867. The second kappa shape index (κ2) is 6.11. The lowest BCUT2D eigenvalue weighted by Gasteiger charge is -2.06. The zero-order valence-electron chi connectivity index (χ0n) is 13.1. The molecule has 1 aliphatic heterocycles. The molecule has 3 heterocycles. The van der Waals surface area contributed by atoms with E-state index in [0.29, 0.717) is 32.9 Å². The third kappa shape index (κ3) is 2.74. The third-order valence-electron chi connectivity index (χ3n) is 3.72. The lowest BCUT2D eigenvalue weighted by atomic mass is 10.1. The number of nitrogens with zero attached hydrogens (tertiary/aromatic N) is 2. The fourth-order valence-electron chi connectivity index (χ4n) is 2.49. The molecule has 1 unspecified atom stereocenters. The number of nitrogens with one attached hydrogen (secondary N) is 1. The van der Waals surface area contributed by atoms with Crippen LogP contribution in [0.2, 0.25) is 0 Å². The number of hydrogen-bond acceptors (Lipinski definition) is 7. The Hall–Kier alpha value is -2.22. The van der Waals surface area contributed by atoms with Gasteiger partial charge in [0, 0.05) is 6.42 Å². The van der Waals surface area contributed by atoms with E-state index in [1.54, 1.807) is 13.8 Å². The summed E-state index contributed by atoms with van der Waals surface area (Å²) >= 11 is 1.17. The molecule has 0 aromatic carbocycles. The van der Waals surface area contributed by atoms with Crippen LogP contribution < -0.4 is 5.56 Å². The van der Waals surface area contributed by atoms with Crippen molar-refractivity contribution in [3.05, 3.63) is 26.6 Å². The van der Waals surface area contributed by atoms with Crippen molar-refractivity contribution < 1.29 is 14.4 Å². The SMILES string of the molecule is CCOC(=O)c1sc2nc(C3CC(CC)=NO3)[nH]c(=O)c2c1C. The normalized spacial score (nSPS) is 17.2. The molecule has 23 heavy (non-hydrogen) atoms. The van der Waals surface area contributed by atoms with E-state index < -0.39 is 5.97 Å². The summed E-state index contributed by atoms with van der Waals surface area (Å²) in [6.07, 6.45) is 1.03. The van der Waals surface area contributed by atoms with Gasteiger partial charge in [-0.1, -0.05) is 12.1 Å². The summed E-state index contributed by atoms with van der Waals surface area (Å²) in [7, 11) is 0. The van der Waals surface area contributed by atoms with E-state index in [1.165, 1.54) is 11.3 Å². The highest BCUT2D eigenvalue weighted by Gasteiger charge is 2.26. The molecule has 7 nitrogen and oxygen atoms in total. The first kappa shape index (κ1) is 15.7.